The van der Waals surface area contributed by atoms with Gasteiger partial charge < -0.3 is 18.5 Å². The molecule has 2 aromatic rings. The lowest BCUT2D eigenvalue weighted by molar-refractivity contribution is 0.00578. The first-order valence-corrected chi connectivity index (χ1v) is 6.80. The number of rotatable bonds is 2. The third kappa shape index (κ3) is 2.17. The maximum absolute atomic E-state index is 11.3. The number of aromatic amines is 1. The average Bonchev–Trinajstić information content (AvgIpc) is 2.83. The predicted octanol–water partition coefficient (Wildman–Crippen LogP) is 1.43. The fraction of sp³-hybridized carbons (Fsp3) is 0.500. The standard InChI is InChI=1S/C14H18BNO5/c1-13(2)14(3,4)21-15(20-13)8-6-9-11(7-10(8)18-5)19-12(17)16-9/h6-7H,1-5H3,(H,16,17). The third-order valence-corrected chi connectivity index (χ3v) is 4.28. The van der Waals surface area contributed by atoms with Crippen molar-refractivity contribution in [2.75, 3.05) is 7.11 Å². The summed E-state index contributed by atoms with van der Waals surface area (Å²) in [6.07, 6.45) is 0. The highest BCUT2D eigenvalue weighted by Gasteiger charge is 2.52. The summed E-state index contributed by atoms with van der Waals surface area (Å²) >= 11 is 0. The molecule has 1 aromatic heterocycles. The molecule has 1 saturated heterocycles. The average molecular weight is 291 g/mol. The SMILES string of the molecule is COc1cc2oc(=O)[nH]c2cc1B1OC(C)(C)C(C)(C)O1. The number of aromatic nitrogens is 1. The van der Waals surface area contributed by atoms with Gasteiger partial charge in [-0.2, -0.15) is 0 Å². The third-order valence-electron chi connectivity index (χ3n) is 4.28. The van der Waals surface area contributed by atoms with Gasteiger partial charge in [0.05, 0.1) is 23.8 Å². The van der Waals surface area contributed by atoms with Crippen LogP contribution in [0.2, 0.25) is 0 Å². The van der Waals surface area contributed by atoms with Gasteiger partial charge in [0.2, 0.25) is 0 Å². The Kier molecular flexibility index (Phi) is 2.97. The van der Waals surface area contributed by atoms with Crippen molar-refractivity contribution >= 4 is 23.7 Å². The summed E-state index contributed by atoms with van der Waals surface area (Å²) in [6.45, 7) is 7.94. The van der Waals surface area contributed by atoms with Crippen molar-refractivity contribution in [1.82, 2.24) is 4.98 Å². The van der Waals surface area contributed by atoms with Gasteiger partial charge in [0, 0.05) is 11.5 Å². The van der Waals surface area contributed by atoms with Crippen molar-refractivity contribution in [2.45, 2.75) is 38.9 Å². The Bertz CT molecular complexity index is 729. The van der Waals surface area contributed by atoms with Gasteiger partial charge in [0.1, 0.15) is 5.75 Å². The van der Waals surface area contributed by atoms with Crippen LogP contribution in [-0.2, 0) is 9.31 Å². The van der Waals surface area contributed by atoms with E-state index in [1.165, 1.54) is 0 Å². The predicted molar refractivity (Wildman–Crippen MR) is 79.1 cm³/mol. The van der Waals surface area contributed by atoms with E-state index in [-0.39, 0.29) is 0 Å². The summed E-state index contributed by atoms with van der Waals surface area (Å²) in [7, 11) is 0.994. The number of hydrogen-bond donors (Lipinski definition) is 1. The summed E-state index contributed by atoms with van der Waals surface area (Å²) in [6, 6.07) is 3.43. The minimum atomic E-state index is -0.562. The van der Waals surface area contributed by atoms with Gasteiger partial charge in [-0.3, -0.25) is 4.98 Å². The lowest BCUT2D eigenvalue weighted by Gasteiger charge is -2.32. The fourth-order valence-corrected chi connectivity index (χ4v) is 2.33. The zero-order valence-electron chi connectivity index (χ0n) is 12.8. The number of nitrogens with one attached hydrogen (secondary N) is 1. The molecule has 0 atom stereocenters. The van der Waals surface area contributed by atoms with Crippen molar-refractivity contribution in [3.05, 3.63) is 22.7 Å². The second kappa shape index (κ2) is 4.38. The van der Waals surface area contributed by atoms with Crippen LogP contribution in [0.3, 0.4) is 0 Å². The molecule has 0 aliphatic carbocycles. The smallest absolute Gasteiger partial charge is 0.497 e. The zero-order valence-corrected chi connectivity index (χ0v) is 12.8. The molecular formula is C14H18BNO5. The molecule has 112 valence electrons. The molecular weight excluding hydrogens is 273 g/mol. The molecule has 1 aliphatic rings. The van der Waals surface area contributed by atoms with Crippen LogP contribution < -0.4 is 16.0 Å². The molecule has 1 N–H and O–H groups in total. The van der Waals surface area contributed by atoms with Gasteiger partial charge in [-0.15, -0.1) is 0 Å². The molecule has 1 aliphatic heterocycles. The Labute approximate surface area is 122 Å². The van der Waals surface area contributed by atoms with Crippen molar-refractivity contribution in [1.29, 1.82) is 0 Å². The molecule has 2 heterocycles. The largest absolute Gasteiger partial charge is 0.498 e. The molecule has 1 fully saturated rings. The van der Waals surface area contributed by atoms with Crippen molar-refractivity contribution in [3.8, 4) is 5.75 Å². The first-order chi connectivity index (χ1) is 9.73. The number of ether oxygens (including phenoxy) is 1. The molecule has 0 saturated carbocycles. The van der Waals surface area contributed by atoms with Crippen LogP contribution in [-0.4, -0.2) is 30.4 Å². The quantitative estimate of drug-likeness (QED) is 0.847. The second-order valence-corrected chi connectivity index (χ2v) is 6.19. The molecule has 3 rings (SSSR count). The summed E-state index contributed by atoms with van der Waals surface area (Å²) in [5.41, 5.74) is 0.867. The van der Waals surface area contributed by atoms with Crippen LogP contribution >= 0.6 is 0 Å². The van der Waals surface area contributed by atoms with E-state index >= 15 is 0 Å². The molecule has 0 radical (unpaired) electrons. The van der Waals surface area contributed by atoms with Crippen molar-refractivity contribution in [3.63, 3.8) is 0 Å². The molecule has 0 amide bonds. The summed E-state index contributed by atoms with van der Waals surface area (Å²) < 4.78 is 22.5. The van der Waals surface area contributed by atoms with Crippen LogP contribution in [0, 0.1) is 0 Å². The first-order valence-electron chi connectivity index (χ1n) is 6.80. The van der Waals surface area contributed by atoms with E-state index < -0.39 is 24.1 Å². The van der Waals surface area contributed by atoms with Crippen LogP contribution in [0.25, 0.3) is 11.1 Å². The number of benzene rings is 1. The number of oxazole rings is 1. The van der Waals surface area contributed by atoms with Crippen LogP contribution in [0.4, 0.5) is 0 Å². The number of methoxy groups -OCH3 is 1. The van der Waals surface area contributed by atoms with Crippen LogP contribution in [0.5, 0.6) is 5.75 Å². The fourth-order valence-electron chi connectivity index (χ4n) is 2.33. The van der Waals surface area contributed by atoms with Gasteiger partial charge in [-0.1, -0.05) is 0 Å². The Morgan fingerprint density at radius 2 is 1.76 bits per heavy atom. The summed E-state index contributed by atoms with van der Waals surface area (Å²) in [5.74, 6) is 0.0573. The van der Waals surface area contributed by atoms with Gasteiger partial charge in [0.25, 0.3) is 0 Å². The maximum Gasteiger partial charge on any atom is 0.498 e. The van der Waals surface area contributed by atoms with Crippen molar-refractivity contribution in [2.24, 2.45) is 0 Å². The molecule has 7 heteroatoms. The van der Waals surface area contributed by atoms with E-state index in [1.807, 2.05) is 27.7 Å². The molecule has 6 nitrogen and oxygen atoms in total. The summed E-state index contributed by atoms with van der Waals surface area (Å²) in [5, 5.41) is 0. The highest BCUT2D eigenvalue weighted by molar-refractivity contribution is 6.63. The highest BCUT2D eigenvalue weighted by Crippen LogP contribution is 2.37. The van der Waals surface area contributed by atoms with E-state index in [1.54, 1.807) is 19.2 Å². The maximum atomic E-state index is 11.3. The number of hydrogen-bond acceptors (Lipinski definition) is 5. The molecule has 0 bridgehead atoms. The van der Waals surface area contributed by atoms with Gasteiger partial charge >= 0.3 is 12.9 Å². The molecule has 0 unspecified atom stereocenters. The van der Waals surface area contributed by atoms with Crippen molar-refractivity contribution < 1.29 is 18.5 Å². The van der Waals surface area contributed by atoms with E-state index in [2.05, 4.69) is 4.98 Å². The first kappa shape index (κ1) is 14.2. The number of H-pyrrole nitrogens is 1. The Hall–Kier alpha value is -1.73. The molecule has 1 aromatic carbocycles. The molecule has 0 spiro atoms. The van der Waals surface area contributed by atoms with E-state index in [0.717, 1.165) is 5.46 Å². The lowest BCUT2D eigenvalue weighted by Crippen LogP contribution is -2.41. The van der Waals surface area contributed by atoms with E-state index in [0.29, 0.717) is 16.8 Å². The Morgan fingerprint density at radius 1 is 1.14 bits per heavy atom. The van der Waals surface area contributed by atoms with Crippen LogP contribution in [0.15, 0.2) is 21.3 Å². The highest BCUT2D eigenvalue weighted by atomic mass is 16.7. The Balaban J connectivity index is 2.10. The van der Waals surface area contributed by atoms with Gasteiger partial charge in [-0.25, -0.2) is 4.79 Å². The second-order valence-electron chi connectivity index (χ2n) is 6.19. The van der Waals surface area contributed by atoms with Gasteiger partial charge in [-0.05, 0) is 33.8 Å². The number of fused-ring (bicyclic) bond motifs is 1. The zero-order chi connectivity index (χ0) is 15.4. The lowest BCUT2D eigenvalue weighted by atomic mass is 9.78. The molecule has 21 heavy (non-hydrogen) atoms. The minimum absolute atomic E-state index is 0.442. The van der Waals surface area contributed by atoms with E-state index in [9.17, 15) is 4.79 Å². The Morgan fingerprint density at radius 3 is 2.33 bits per heavy atom. The van der Waals surface area contributed by atoms with Crippen LogP contribution in [0.1, 0.15) is 27.7 Å². The topological polar surface area (TPSA) is 73.7 Å². The van der Waals surface area contributed by atoms with E-state index in [4.69, 9.17) is 18.5 Å². The minimum Gasteiger partial charge on any atom is -0.497 e. The normalized spacial score (nSPS) is 20.1. The monoisotopic (exact) mass is 291 g/mol. The van der Waals surface area contributed by atoms with Gasteiger partial charge in [0.15, 0.2) is 5.58 Å². The summed E-state index contributed by atoms with van der Waals surface area (Å²) in [4.78, 5) is 13.9.